The summed E-state index contributed by atoms with van der Waals surface area (Å²) in [6.45, 7) is 3.11. The first-order valence-electron chi connectivity index (χ1n) is 9.78. The average Bonchev–Trinajstić information content (AvgIpc) is 3.35. The summed E-state index contributed by atoms with van der Waals surface area (Å²) >= 11 is 3.13. The topological polar surface area (TPSA) is 168 Å². The zero-order chi connectivity index (χ0) is 27.0. The van der Waals surface area contributed by atoms with Gasteiger partial charge in [-0.3, -0.25) is 0 Å². The number of carbonyl (C=O) groups is 2. The zero-order valence-corrected chi connectivity index (χ0v) is 23.9. The van der Waals surface area contributed by atoms with E-state index < -0.39 is 31.6 Å². The van der Waals surface area contributed by atoms with Gasteiger partial charge in [-0.05, 0) is 13.8 Å². The van der Waals surface area contributed by atoms with E-state index in [-0.39, 0.29) is 62.2 Å². The van der Waals surface area contributed by atoms with Crippen molar-refractivity contribution in [3.63, 3.8) is 0 Å². The Hall–Kier alpha value is -2.08. The quantitative estimate of drug-likeness (QED) is 0.263. The van der Waals surface area contributed by atoms with E-state index in [2.05, 4.69) is 0 Å². The van der Waals surface area contributed by atoms with Crippen LogP contribution in [0.4, 0.5) is 0 Å². The number of carbonyl (C=O) groups excluding carboxylic acids is 2. The summed E-state index contributed by atoms with van der Waals surface area (Å²) in [6.07, 6.45) is 1.88. The van der Waals surface area contributed by atoms with Gasteiger partial charge >= 0.3 is 11.9 Å². The van der Waals surface area contributed by atoms with Crippen molar-refractivity contribution in [3.05, 3.63) is 19.6 Å². The summed E-state index contributed by atoms with van der Waals surface area (Å²) in [5, 5.41) is 19.1. The van der Waals surface area contributed by atoms with Gasteiger partial charge in [0.15, 0.2) is 30.8 Å². The van der Waals surface area contributed by atoms with Crippen molar-refractivity contribution in [1.29, 1.82) is 10.5 Å². The molecular formula is C20H16N2O8S6. The number of hydrogen-bond donors (Lipinski definition) is 0. The van der Waals surface area contributed by atoms with Crippen LogP contribution in [-0.4, -0.2) is 54.5 Å². The third-order valence-electron chi connectivity index (χ3n) is 4.35. The number of nitrogens with zero attached hydrogens (tertiary/aromatic N) is 2. The highest BCUT2D eigenvalue weighted by Crippen LogP contribution is 2.65. The highest BCUT2D eigenvalue weighted by molar-refractivity contribution is 8.26. The van der Waals surface area contributed by atoms with Crippen molar-refractivity contribution in [2.24, 2.45) is 0 Å². The molecule has 0 saturated carbocycles. The molecule has 0 N–H and O–H groups in total. The first kappa shape index (κ1) is 28.5. The van der Waals surface area contributed by atoms with Crippen molar-refractivity contribution in [2.75, 3.05) is 25.7 Å². The molecule has 0 saturated heterocycles. The number of thioether (sulfide) groups is 4. The maximum atomic E-state index is 12.9. The number of hydrogen-bond acceptors (Lipinski definition) is 14. The molecule has 0 aliphatic carbocycles. The highest BCUT2D eigenvalue weighted by atomic mass is 32.2. The summed E-state index contributed by atoms with van der Waals surface area (Å²) < 4.78 is 61.7. The number of sulfone groups is 2. The van der Waals surface area contributed by atoms with Gasteiger partial charge in [-0.25, -0.2) is 26.4 Å². The monoisotopic (exact) mass is 604 g/mol. The molecule has 0 atom stereocenters. The average molecular weight is 605 g/mol. The fraction of sp³-hybridized carbons (Fsp3) is 0.300. The van der Waals surface area contributed by atoms with Crippen molar-refractivity contribution in [1.82, 2.24) is 0 Å². The van der Waals surface area contributed by atoms with E-state index in [1.807, 2.05) is 0 Å². The normalized spacial score (nSPS) is 14.4. The molecule has 16 heteroatoms. The van der Waals surface area contributed by atoms with Crippen LogP contribution in [0.2, 0.25) is 0 Å². The van der Waals surface area contributed by atoms with E-state index >= 15 is 0 Å². The van der Waals surface area contributed by atoms with Crippen LogP contribution < -0.4 is 0 Å². The van der Waals surface area contributed by atoms with Crippen LogP contribution >= 0.6 is 47.0 Å². The second-order valence-corrected chi connectivity index (χ2v) is 15.4. The smallest absolute Gasteiger partial charge is 0.350 e. The Balaban J connectivity index is 2.38. The molecule has 0 unspecified atom stereocenters. The molecule has 0 radical (unpaired) electrons. The summed E-state index contributed by atoms with van der Waals surface area (Å²) in [6, 6.07) is 3.50. The lowest BCUT2D eigenvalue weighted by atomic mass is 10.3. The second-order valence-electron chi connectivity index (χ2n) is 6.92. The Bertz CT molecular complexity index is 1400. The molecule has 1 aromatic carbocycles. The maximum Gasteiger partial charge on any atom is 0.350 e. The number of rotatable bonds is 6. The Morgan fingerprint density at radius 1 is 0.694 bits per heavy atom. The number of fused-ring (bicyclic) bond motifs is 2. The van der Waals surface area contributed by atoms with Gasteiger partial charge in [-0.2, -0.15) is 10.5 Å². The molecular weight excluding hydrogens is 589 g/mol. The lowest BCUT2D eigenvalue weighted by molar-refractivity contribution is -0.138. The molecule has 2 aliphatic rings. The van der Waals surface area contributed by atoms with Crippen LogP contribution in [0.3, 0.4) is 0 Å². The fourth-order valence-corrected chi connectivity index (χ4v) is 12.6. The maximum absolute atomic E-state index is 12.9. The Labute approximate surface area is 224 Å². The van der Waals surface area contributed by atoms with Crippen molar-refractivity contribution >= 4 is 78.7 Å². The number of benzene rings is 1. The fourth-order valence-electron chi connectivity index (χ4n) is 3.04. The van der Waals surface area contributed by atoms with Crippen LogP contribution in [0.15, 0.2) is 49.0 Å². The predicted octanol–water partition coefficient (Wildman–Crippen LogP) is 3.49. The van der Waals surface area contributed by atoms with Crippen LogP contribution in [0.5, 0.6) is 0 Å². The third kappa shape index (κ3) is 5.29. The van der Waals surface area contributed by atoms with Gasteiger partial charge in [0.2, 0.25) is 0 Å². The van der Waals surface area contributed by atoms with Gasteiger partial charge in [0, 0.05) is 32.1 Å². The molecule has 0 fully saturated rings. The molecule has 1 aromatic rings. The lowest BCUT2D eigenvalue weighted by Crippen LogP contribution is -2.08. The zero-order valence-electron chi connectivity index (χ0n) is 19.0. The van der Waals surface area contributed by atoms with Gasteiger partial charge in [0.05, 0.1) is 31.5 Å². The van der Waals surface area contributed by atoms with Crippen molar-refractivity contribution in [3.8, 4) is 12.1 Å². The van der Waals surface area contributed by atoms with Gasteiger partial charge in [-0.1, -0.05) is 47.0 Å². The minimum absolute atomic E-state index is 0.00112. The van der Waals surface area contributed by atoms with Crippen molar-refractivity contribution < 1.29 is 35.9 Å². The summed E-state index contributed by atoms with van der Waals surface area (Å²) in [5.41, 5.74) is -0.755. The Morgan fingerprint density at radius 2 is 0.972 bits per heavy atom. The third-order valence-corrected chi connectivity index (χ3v) is 12.4. The highest BCUT2D eigenvalue weighted by Gasteiger charge is 2.42. The molecule has 0 bridgehead atoms. The molecule has 0 spiro atoms. The first-order chi connectivity index (χ1) is 16.8. The van der Waals surface area contributed by atoms with E-state index in [1.54, 1.807) is 26.0 Å². The molecule has 36 heavy (non-hydrogen) atoms. The molecule has 190 valence electrons. The summed E-state index contributed by atoms with van der Waals surface area (Å²) in [7, 11) is -7.99. The minimum atomic E-state index is -3.99. The van der Waals surface area contributed by atoms with E-state index in [1.165, 1.54) is 0 Å². The molecule has 2 heterocycles. The minimum Gasteiger partial charge on any atom is -0.462 e. The molecule has 0 aromatic heterocycles. The molecule has 0 amide bonds. The molecule has 3 rings (SSSR count). The predicted molar refractivity (Wildman–Crippen MR) is 135 cm³/mol. The SMILES string of the molecule is CCOC(=O)C(C#N)=C1Sc2c(c(S(C)(=O)=O)c3c(c2S(C)(=O)=O)SC(=C(C#N)C(=O)OCC)S3)S1. The lowest BCUT2D eigenvalue weighted by Gasteiger charge is -2.14. The van der Waals surface area contributed by atoms with E-state index in [9.17, 15) is 36.9 Å². The summed E-state index contributed by atoms with van der Waals surface area (Å²) in [5.74, 6) is -1.83. The van der Waals surface area contributed by atoms with Gasteiger partial charge in [0.1, 0.15) is 12.1 Å². The first-order valence-corrected chi connectivity index (χ1v) is 16.8. The molecule has 2 aliphatic heterocycles. The van der Waals surface area contributed by atoms with Crippen LogP contribution in [0.25, 0.3) is 0 Å². The van der Waals surface area contributed by atoms with Crippen molar-refractivity contribution in [2.45, 2.75) is 43.2 Å². The van der Waals surface area contributed by atoms with E-state index in [4.69, 9.17) is 9.47 Å². The van der Waals surface area contributed by atoms with Gasteiger partial charge in [0.25, 0.3) is 0 Å². The number of nitriles is 2. The summed E-state index contributed by atoms with van der Waals surface area (Å²) in [4.78, 5) is 24.3. The van der Waals surface area contributed by atoms with E-state index in [0.29, 0.717) is 0 Å². The van der Waals surface area contributed by atoms with Gasteiger partial charge < -0.3 is 9.47 Å². The second kappa shape index (κ2) is 10.7. The standard InChI is InChI=1S/C20H16N2O8S6/c1-5-29-17(23)9(7-21)19-31-11-12(32-19)16(36(4,27)28)14-13(15(11)35(3,25)26)33-20(34-14)10(8-22)18(24)30-6-2/h5-6H2,1-4H3. The van der Waals surface area contributed by atoms with E-state index in [0.717, 1.165) is 59.6 Å². The largest absolute Gasteiger partial charge is 0.462 e. The Kier molecular flexibility index (Phi) is 8.49. The van der Waals surface area contributed by atoms with Crippen LogP contribution in [-0.2, 0) is 38.7 Å². The number of esters is 2. The van der Waals surface area contributed by atoms with Crippen LogP contribution in [0.1, 0.15) is 13.8 Å². The van der Waals surface area contributed by atoms with Crippen LogP contribution in [0, 0.1) is 22.7 Å². The molecule has 10 nitrogen and oxygen atoms in total. The Morgan fingerprint density at radius 3 is 1.17 bits per heavy atom. The van der Waals surface area contributed by atoms with Gasteiger partial charge in [-0.15, -0.1) is 0 Å². The number of ether oxygens (including phenoxy) is 2.